The van der Waals surface area contributed by atoms with E-state index < -0.39 is 5.97 Å². The Balaban J connectivity index is 1.93. The van der Waals surface area contributed by atoms with E-state index in [9.17, 15) is 9.59 Å². The summed E-state index contributed by atoms with van der Waals surface area (Å²) in [7, 11) is 0. The van der Waals surface area contributed by atoms with E-state index >= 15 is 0 Å². The summed E-state index contributed by atoms with van der Waals surface area (Å²) in [6.07, 6.45) is 2.35. The Hall–Kier alpha value is -1.26. The summed E-state index contributed by atoms with van der Waals surface area (Å²) in [5.41, 5.74) is 0.818. The van der Waals surface area contributed by atoms with Crippen LogP contribution in [0, 0.1) is 11.8 Å². The average molecular weight is 344 g/mol. The summed E-state index contributed by atoms with van der Waals surface area (Å²) in [5.74, 6) is -1.24. The first-order valence-corrected chi connectivity index (χ1v) is 8.12. The fourth-order valence-electron chi connectivity index (χ4n) is 2.86. The van der Waals surface area contributed by atoms with Crippen molar-refractivity contribution in [3.8, 4) is 0 Å². The summed E-state index contributed by atoms with van der Waals surface area (Å²) in [6.45, 7) is 1.87. The zero-order valence-corrected chi connectivity index (χ0v) is 13.8. The second-order valence-electron chi connectivity index (χ2n) is 5.78. The number of carbonyl (C=O) groups excluding carboxylic acids is 1. The molecule has 1 saturated carbocycles. The van der Waals surface area contributed by atoms with Gasteiger partial charge in [-0.1, -0.05) is 29.3 Å². The molecule has 1 amide bonds. The highest BCUT2D eigenvalue weighted by atomic mass is 35.5. The molecule has 0 aliphatic heterocycles. The van der Waals surface area contributed by atoms with Crippen molar-refractivity contribution in [2.75, 3.05) is 0 Å². The van der Waals surface area contributed by atoms with Crippen LogP contribution < -0.4 is 5.32 Å². The van der Waals surface area contributed by atoms with E-state index in [0.717, 1.165) is 5.56 Å². The SMILES string of the molecule is CC(NC(=O)C1CCC(C(=O)O)CC1)c1ccc(Cl)cc1Cl. The fraction of sp³-hybridized carbons (Fsp3) is 0.500. The maximum absolute atomic E-state index is 12.3. The molecule has 1 unspecified atom stereocenters. The number of hydrogen-bond acceptors (Lipinski definition) is 2. The Morgan fingerprint density at radius 3 is 2.32 bits per heavy atom. The fourth-order valence-corrected chi connectivity index (χ4v) is 3.44. The first-order valence-electron chi connectivity index (χ1n) is 7.36. The standard InChI is InChI=1S/C16H19Cl2NO3/c1-9(13-7-6-12(17)8-14(13)18)19-15(20)10-2-4-11(5-3-10)16(21)22/h6-11H,2-5H2,1H3,(H,19,20)(H,21,22). The smallest absolute Gasteiger partial charge is 0.306 e. The van der Waals surface area contributed by atoms with Gasteiger partial charge >= 0.3 is 5.97 Å². The highest BCUT2D eigenvalue weighted by Crippen LogP contribution is 2.30. The third-order valence-corrected chi connectivity index (χ3v) is 4.80. The molecular formula is C16H19Cl2NO3. The van der Waals surface area contributed by atoms with Crippen LogP contribution in [-0.4, -0.2) is 17.0 Å². The Labute approximate surface area is 139 Å². The van der Waals surface area contributed by atoms with Crippen molar-refractivity contribution in [3.05, 3.63) is 33.8 Å². The van der Waals surface area contributed by atoms with E-state index in [4.69, 9.17) is 28.3 Å². The molecule has 0 heterocycles. The number of halogens is 2. The van der Waals surface area contributed by atoms with Gasteiger partial charge in [0.05, 0.1) is 12.0 Å². The number of rotatable bonds is 4. The Morgan fingerprint density at radius 1 is 1.18 bits per heavy atom. The van der Waals surface area contributed by atoms with Crippen LogP contribution in [0.25, 0.3) is 0 Å². The van der Waals surface area contributed by atoms with Gasteiger partial charge in [0.25, 0.3) is 0 Å². The van der Waals surface area contributed by atoms with Gasteiger partial charge in [-0.2, -0.15) is 0 Å². The molecule has 1 atom stereocenters. The molecule has 22 heavy (non-hydrogen) atoms. The predicted molar refractivity (Wildman–Crippen MR) is 86.1 cm³/mol. The van der Waals surface area contributed by atoms with Gasteiger partial charge in [-0.15, -0.1) is 0 Å². The first kappa shape index (κ1) is 17.1. The van der Waals surface area contributed by atoms with Gasteiger partial charge in [0.1, 0.15) is 0 Å². The summed E-state index contributed by atoms with van der Waals surface area (Å²) >= 11 is 12.0. The van der Waals surface area contributed by atoms with Crippen molar-refractivity contribution in [2.45, 2.75) is 38.6 Å². The summed E-state index contributed by atoms with van der Waals surface area (Å²) < 4.78 is 0. The molecule has 1 aromatic carbocycles. The monoisotopic (exact) mass is 343 g/mol. The van der Waals surface area contributed by atoms with E-state index in [-0.39, 0.29) is 23.8 Å². The maximum atomic E-state index is 12.3. The number of hydrogen-bond donors (Lipinski definition) is 2. The number of amides is 1. The number of nitrogens with one attached hydrogen (secondary N) is 1. The van der Waals surface area contributed by atoms with E-state index in [1.54, 1.807) is 18.2 Å². The van der Waals surface area contributed by atoms with Crippen LogP contribution in [0.4, 0.5) is 0 Å². The van der Waals surface area contributed by atoms with Gasteiger partial charge in [0, 0.05) is 16.0 Å². The van der Waals surface area contributed by atoms with Crippen LogP contribution in [0.2, 0.25) is 10.0 Å². The lowest BCUT2D eigenvalue weighted by Crippen LogP contribution is -2.35. The lowest BCUT2D eigenvalue weighted by atomic mass is 9.81. The molecule has 1 aliphatic rings. The van der Waals surface area contributed by atoms with Crippen molar-refractivity contribution in [1.82, 2.24) is 5.32 Å². The number of aliphatic carboxylic acids is 1. The minimum Gasteiger partial charge on any atom is -0.481 e. The second kappa shape index (κ2) is 7.34. The number of carbonyl (C=O) groups is 2. The Kier molecular flexibility index (Phi) is 5.70. The van der Waals surface area contributed by atoms with Crippen LogP contribution in [0.15, 0.2) is 18.2 Å². The number of carboxylic acids is 1. The maximum Gasteiger partial charge on any atom is 0.306 e. The molecule has 0 saturated heterocycles. The molecular weight excluding hydrogens is 325 g/mol. The molecule has 0 bridgehead atoms. The summed E-state index contributed by atoms with van der Waals surface area (Å²) in [5, 5.41) is 13.0. The molecule has 1 aliphatic carbocycles. The van der Waals surface area contributed by atoms with Crippen molar-refractivity contribution in [1.29, 1.82) is 0 Å². The highest BCUT2D eigenvalue weighted by Gasteiger charge is 2.30. The third-order valence-electron chi connectivity index (χ3n) is 4.23. The lowest BCUT2D eigenvalue weighted by Gasteiger charge is -2.27. The first-order chi connectivity index (χ1) is 10.4. The summed E-state index contributed by atoms with van der Waals surface area (Å²) in [4.78, 5) is 23.2. The van der Waals surface area contributed by atoms with Gasteiger partial charge in [-0.05, 0) is 50.3 Å². The van der Waals surface area contributed by atoms with Gasteiger partial charge in [0.15, 0.2) is 0 Å². The average Bonchev–Trinajstić information content (AvgIpc) is 2.47. The molecule has 1 aromatic rings. The van der Waals surface area contributed by atoms with Crippen LogP contribution in [-0.2, 0) is 9.59 Å². The summed E-state index contributed by atoms with van der Waals surface area (Å²) in [6, 6.07) is 4.98. The minimum atomic E-state index is -0.764. The molecule has 0 spiro atoms. The van der Waals surface area contributed by atoms with E-state index in [2.05, 4.69) is 5.32 Å². The topological polar surface area (TPSA) is 66.4 Å². The Bertz CT molecular complexity index is 569. The normalized spacial score (nSPS) is 22.9. The van der Waals surface area contributed by atoms with Gasteiger partial charge < -0.3 is 10.4 Å². The zero-order chi connectivity index (χ0) is 16.3. The molecule has 120 valence electrons. The Morgan fingerprint density at radius 2 is 1.77 bits per heavy atom. The molecule has 4 nitrogen and oxygen atoms in total. The predicted octanol–water partition coefficient (Wildman–Crippen LogP) is 4.06. The van der Waals surface area contributed by atoms with Crippen molar-refractivity contribution >= 4 is 35.1 Å². The largest absolute Gasteiger partial charge is 0.481 e. The van der Waals surface area contributed by atoms with Crippen molar-refractivity contribution in [3.63, 3.8) is 0 Å². The van der Waals surface area contributed by atoms with Gasteiger partial charge in [-0.25, -0.2) is 0 Å². The van der Waals surface area contributed by atoms with Crippen LogP contribution in [0.3, 0.4) is 0 Å². The quantitative estimate of drug-likeness (QED) is 0.866. The van der Waals surface area contributed by atoms with E-state index in [1.165, 1.54) is 0 Å². The van der Waals surface area contributed by atoms with Crippen molar-refractivity contribution in [2.24, 2.45) is 11.8 Å². The minimum absolute atomic E-state index is 0.0395. The van der Waals surface area contributed by atoms with Crippen LogP contribution in [0.5, 0.6) is 0 Å². The van der Waals surface area contributed by atoms with Gasteiger partial charge in [-0.3, -0.25) is 9.59 Å². The molecule has 6 heteroatoms. The molecule has 0 aromatic heterocycles. The van der Waals surface area contributed by atoms with E-state index in [0.29, 0.717) is 35.7 Å². The van der Waals surface area contributed by atoms with Gasteiger partial charge in [0.2, 0.25) is 5.91 Å². The third kappa shape index (κ3) is 4.14. The lowest BCUT2D eigenvalue weighted by molar-refractivity contribution is -0.144. The van der Waals surface area contributed by atoms with Crippen molar-refractivity contribution < 1.29 is 14.7 Å². The number of benzene rings is 1. The van der Waals surface area contributed by atoms with Crippen LogP contribution in [0.1, 0.15) is 44.2 Å². The number of carboxylic acid groups (broad SMARTS) is 1. The molecule has 0 radical (unpaired) electrons. The molecule has 1 fully saturated rings. The van der Waals surface area contributed by atoms with Crippen LogP contribution >= 0.6 is 23.2 Å². The second-order valence-corrected chi connectivity index (χ2v) is 6.63. The highest BCUT2D eigenvalue weighted by molar-refractivity contribution is 6.35. The van der Waals surface area contributed by atoms with E-state index in [1.807, 2.05) is 6.92 Å². The zero-order valence-electron chi connectivity index (χ0n) is 12.3. The molecule has 2 rings (SSSR count). The molecule has 2 N–H and O–H groups in total.